The molecule has 0 spiro atoms. The fourth-order valence-electron chi connectivity index (χ4n) is 5.28. The molecule has 0 radical (unpaired) electrons. The summed E-state index contributed by atoms with van der Waals surface area (Å²) in [6, 6.07) is 26.3. The van der Waals surface area contributed by atoms with Crippen LogP contribution in [0.15, 0.2) is 97.1 Å². The van der Waals surface area contributed by atoms with Gasteiger partial charge in [0.1, 0.15) is 5.75 Å². The molecule has 0 aliphatic carbocycles. The van der Waals surface area contributed by atoms with Crippen LogP contribution in [0.3, 0.4) is 0 Å². The molecule has 1 aliphatic rings. The van der Waals surface area contributed by atoms with E-state index in [4.69, 9.17) is 4.74 Å². The largest absolute Gasteiger partial charge is 0.495 e. The Morgan fingerprint density at radius 3 is 2.09 bits per heavy atom. The lowest BCUT2D eigenvalue weighted by Crippen LogP contribution is -2.47. The molecular formula is C34H34F3N5O3. The molecule has 1 heterocycles. The molecule has 0 saturated carbocycles. The number of carbonyl (C=O) groups excluding carboxylic acids is 2. The average Bonchev–Trinajstić information content (AvgIpc) is 3.05. The van der Waals surface area contributed by atoms with Gasteiger partial charge in [-0.25, -0.2) is 4.79 Å². The molecule has 11 heteroatoms. The number of para-hydroxylation sites is 2. The molecule has 4 aromatic rings. The highest BCUT2D eigenvalue weighted by Crippen LogP contribution is 2.32. The van der Waals surface area contributed by atoms with Crippen molar-refractivity contribution in [2.75, 3.05) is 60.3 Å². The molecular weight excluding hydrogens is 583 g/mol. The number of nitrogens with one attached hydrogen (secondary N) is 3. The van der Waals surface area contributed by atoms with Crippen LogP contribution in [-0.2, 0) is 12.6 Å². The van der Waals surface area contributed by atoms with Crippen LogP contribution in [-0.4, -0.2) is 51.8 Å². The molecule has 0 unspecified atom stereocenters. The third-order valence-corrected chi connectivity index (χ3v) is 7.54. The summed E-state index contributed by atoms with van der Waals surface area (Å²) >= 11 is 0. The predicted octanol–water partition coefficient (Wildman–Crippen LogP) is 6.66. The molecule has 3 amide bonds. The lowest BCUT2D eigenvalue weighted by Gasteiger charge is -2.38. The number of carbonyl (C=O) groups is 2. The zero-order valence-electron chi connectivity index (χ0n) is 24.7. The third-order valence-electron chi connectivity index (χ3n) is 7.54. The van der Waals surface area contributed by atoms with Gasteiger partial charge in [-0.05, 0) is 60.5 Å². The quantitative estimate of drug-likeness (QED) is 0.196. The van der Waals surface area contributed by atoms with Crippen LogP contribution in [0, 0.1) is 0 Å². The summed E-state index contributed by atoms with van der Waals surface area (Å²) in [4.78, 5) is 30.6. The van der Waals surface area contributed by atoms with E-state index in [9.17, 15) is 22.8 Å². The smallest absolute Gasteiger partial charge is 0.416 e. The van der Waals surface area contributed by atoms with Gasteiger partial charge in [-0.2, -0.15) is 13.2 Å². The molecule has 0 atom stereocenters. The minimum Gasteiger partial charge on any atom is -0.495 e. The van der Waals surface area contributed by atoms with E-state index in [0.29, 0.717) is 50.4 Å². The van der Waals surface area contributed by atoms with Crippen LogP contribution in [0.1, 0.15) is 21.5 Å². The monoisotopic (exact) mass is 617 g/mol. The highest BCUT2D eigenvalue weighted by Gasteiger charge is 2.30. The standard InChI is InChI=1S/C34H34F3N5O3/c1-45-31-13-6-5-12-30(31)42-20-18-41(19-21-42)29-15-14-27(23-28(29)32(43)38-17-16-24-8-3-2-4-9-24)40-33(44)39-26-11-7-10-25(22-26)34(35,36)37/h2-15,22-23H,16-21H2,1H3,(H,38,43)(H2,39,40,44). The highest BCUT2D eigenvalue weighted by atomic mass is 19.4. The van der Waals surface area contributed by atoms with Crippen LogP contribution in [0.4, 0.5) is 40.7 Å². The van der Waals surface area contributed by atoms with E-state index in [1.807, 2.05) is 54.6 Å². The van der Waals surface area contributed by atoms with Gasteiger partial charge in [0.15, 0.2) is 0 Å². The van der Waals surface area contributed by atoms with Crippen LogP contribution in [0.25, 0.3) is 0 Å². The number of hydrogen-bond acceptors (Lipinski definition) is 5. The van der Waals surface area contributed by atoms with Crippen molar-refractivity contribution in [3.63, 3.8) is 0 Å². The van der Waals surface area contributed by atoms with Gasteiger partial charge in [-0.3, -0.25) is 4.79 Å². The van der Waals surface area contributed by atoms with E-state index in [1.165, 1.54) is 12.1 Å². The average molecular weight is 618 g/mol. The maximum absolute atomic E-state index is 13.5. The normalized spacial score (nSPS) is 13.2. The number of amides is 3. The summed E-state index contributed by atoms with van der Waals surface area (Å²) in [6.45, 7) is 3.11. The van der Waals surface area contributed by atoms with Crippen LogP contribution in [0.2, 0.25) is 0 Å². The SMILES string of the molecule is COc1ccccc1N1CCN(c2ccc(NC(=O)Nc3cccc(C(F)(F)F)c3)cc2C(=O)NCCc2ccccc2)CC1. The fraction of sp³-hybridized carbons (Fsp3) is 0.235. The number of piperazine rings is 1. The first kappa shape index (κ1) is 31.2. The highest BCUT2D eigenvalue weighted by molar-refractivity contribution is 6.04. The van der Waals surface area contributed by atoms with Gasteiger partial charge in [0.25, 0.3) is 5.91 Å². The number of benzene rings is 4. The number of anilines is 4. The maximum atomic E-state index is 13.5. The fourth-order valence-corrected chi connectivity index (χ4v) is 5.28. The number of methoxy groups -OCH3 is 1. The van der Waals surface area contributed by atoms with Crippen molar-refractivity contribution >= 4 is 34.7 Å². The number of rotatable bonds is 9. The Hall–Kier alpha value is -5.19. The van der Waals surface area contributed by atoms with Crippen molar-refractivity contribution in [2.45, 2.75) is 12.6 Å². The van der Waals surface area contributed by atoms with E-state index in [0.717, 1.165) is 34.8 Å². The van der Waals surface area contributed by atoms with E-state index >= 15 is 0 Å². The van der Waals surface area contributed by atoms with Crippen LogP contribution in [0.5, 0.6) is 5.75 Å². The predicted molar refractivity (Wildman–Crippen MR) is 170 cm³/mol. The molecule has 0 bridgehead atoms. The van der Waals surface area contributed by atoms with Gasteiger partial charge >= 0.3 is 12.2 Å². The second-order valence-electron chi connectivity index (χ2n) is 10.5. The van der Waals surface area contributed by atoms with Gasteiger partial charge < -0.3 is 30.5 Å². The molecule has 45 heavy (non-hydrogen) atoms. The summed E-state index contributed by atoms with van der Waals surface area (Å²) < 4.78 is 44.9. The lowest BCUT2D eigenvalue weighted by molar-refractivity contribution is -0.137. The first-order valence-electron chi connectivity index (χ1n) is 14.6. The first-order valence-corrected chi connectivity index (χ1v) is 14.6. The summed E-state index contributed by atoms with van der Waals surface area (Å²) in [6.07, 6.45) is -3.89. The van der Waals surface area contributed by atoms with Crippen molar-refractivity contribution in [1.82, 2.24) is 5.32 Å². The van der Waals surface area contributed by atoms with Crippen molar-refractivity contribution in [3.05, 3.63) is 114 Å². The molecule has 4 aromatic carbocycles. The summed E-state index contributed by atoms with van der Waals surface area (Å²) in [5.74, 6) is 0.498. The molecule has 234 valence electrons. The maximum Gasteiger partial charge on any atom is 0.416 e. The Kier molecular flexibility index (Phi) is 9.76. The number of alkyl halides is 3. The Morgan fingerprint density at radius 1 is 0.756 bits per heavy atom. The lowest BCUT2D eigenvalue weighted by atomic mass is 10.1. The minimum absolute atomic E-state index is 0.00857. The topological polar surface area (TPSA) is 85.9 Å². The summed E-state index contributed by atoms with van der Waals surface area (Å²) in [5, 5.41) is 8.07. The zero-order chi connectivity index (χ0) is 31.8. The van der Waals surface area contributed by atoms with Gasteiger partial charge in [0.2, 0.25) is 0 Å². The van der Waals surface area contributed by atoms with Crippen LogP contribution < -0.4 is 30.5 Å². The molecule has 1 fully saturated rings. The number of hydrogen-bond donors (Lipinski definition) is 3. The van der Waals surface area contributed by atoms with Gasteiger partial charge in [-0.15, -0.1) is 0 Å². The first-order chi connectivity index (χ1) is 21.7. The molecule has 0 aromatic heterocycles. The van der Waals surface area contributed by atoms with Gasteiger partial charge in [0.05, 0.1) is 23.9 Å². The Bertz CT molecular complexity index is 1620. The molecule has 5 rings (SSSR count). The minimum atomic E-state index is -4.54. The second-order valence-corrected chi connectivity index (χ2v) is 10.5. The van der Waals surface area contributed by atoms with E-state index in [1.54, 1.807) is 25.3 Å². The van der Waals surface area contributed by atoms with Crippen molar-refractivity contribution in [3.8, 4) is 5.75 Å². The van der Waals surface area contributed by atoms with Crippen molar-refractivity contribution < 1.29 is 27.5 Å². The van der Waals surface area contributed by atoms with Gasteiger partial charge in [-0.1, -0.05) is 48.5 Å². The van der Waals surface area contributed by atoms with E-state index < -0.39 is 17.8 Å². The Labute approximate surface area is 259 Å². The molecule has 1 saturated heterocycles. The third kappa shape index (κ3) is 8.05. The van der Waals surface area contributed by atoms with E-state index in [2.05, 4.69) is 25.8 Å². The molecule has 8 nitrogen and oxygen atoms in total. The number of nitrogens with zero attached hydrogens (tertiary/aromatic N) is 2. The number of halogens is 3. The Morgan fingerprint density at radius 2 is 1.40 bits per heavy atom. The molecule has 3 N–H and O–H groups in total. The van der Waals surface area contributed by atoms with Gasteiger partial charge in [0, 0.05) is 49.8 Å². The number of ether oxygens (including phenoxy) is 1. The van der Waals surface area contributed by atoms with Crippen LogP contribution >= 0.6 is 0 Å². The zero-order valence-corrected chi connectivity index (χ0v) is 24.7. The Balaban J connectivity index is 1.32. The summed E-state index contributed by atoms with van der Waals surface area (Å²) in [5.41, 5.74) is 2.64. The number of urea groups is 1. The van der Waals surface area contributed by atoms with Crippen molar-refractivity contribution in [2.24, 2.45) is 0 Å². The second kappa shape index (κ2) is 14.1. The molecule has 1 aliphatic heterocycles. The van der Waals surface area contributed by atoms with E-state index in [-0.39, 0.29) is 11.6 Å². The van der Waals surface area contributed by atoms with Crippen molar-refractivity contribution in [1.29, 1.82) is 0 Å². The summed E-state index contributed by atoms with van der Waals surface area (Å²) in [7, 11) is 1.65.